The van der Waals surface area contributed by atoms with Gasteiger partial charge < -0.3 is 9.88 Å². The average Bonchev–Trinajstić information content (AvgIpc) is 3.06. The molecule has 142 valence electrons. The Kier molecular flexibility index (Phi) is 5.22. The molecule has 0 aliphatic heterocycles. The zero-order valence-corrected chi connectivity index (χ0v) is 15.1. The topological polar surface area (TPSA) is 64.0 Å². The molecular weight excluding hydrogens is 379 g/mol. The van der Waals surface area contributed by atoms with Crippen LogP contribution in [0.4, 0.5) is 18.9 Å². The number of rotatable bonds is 6. The minimum atomic E-state index is -4.61. The quantitative estimate of drug-likeness (QED) is 0.687. The molecule has 0 bridgehead atoms. The molecule has 1 aromatic heterocycles. The standard InChI is InChI=1S/C18H16F3N3O2S/c1-12-22-8-9-24(12)17-7-2-13(10-16(17)19)11-23-14-3-5-15(6-4-14)27(25,26)18(20)21/h2-10,18,23H,11H2,1H3. The van der Waals surface area contributed by atoms with Crippen LogP contribution in [0, 0.1) is 12.7 Å². The van der Waals surface area contributed by atoms with E-state index in [0.717, 1.165) is 12.1 Å². The molecule has 0 amide bonds. The van der Waals surface area contributed by atoms with E-state index in [9.17, 15) is 21.6 Å². The van der Waals surface area contributed by atoms with Gasteiger partial charge in [-0.25, -0.2) is 17.8 Å². The molecule has 5 nitrogen and oxygen atoms in total. The van der Waals surface area contributed by atoms with Crippen LogP contribution >= 0.6 is 0 Å². The summed E-state index contributed by atoms with van der Waals surface area (Å²) >= 11 is 0. The molecular formula is C18H16F3N3O2S. The maximum absolute atomic E-state index is 14.4. The maximum Gasteiger partial charge on any atom is 0.341 e. The van der Waals surface area contributed by atoms with E-state index >= 15 is 0 Å². The predicted molar refractivity (Wildman–Crippen MR) is 95.2 cm³/mol. The molecule has 0 atom stereocenters. The Morgan fingerprint density at radius 3 is 2.41 bits per heavy atom. The first-order valence-electron chi connectivity index (χ1n) is 7.94. The zero-order chi connectivity index (χ0) is 19.6. The summed E-state index contributed by atoms with van der Waals surface area (Å²) in [7, 11) is -4.61. The number of hydrogen-bond donors (Lipinski definition) is 1. The van der Waals surface area contributed by atoms with Crippen molar-refractivity contribution in [3.8, 4) is 5.69 Å². The van der Waals surface area contributed by atoms with Crippen molar-refractivity contribution in [3.05, 3.63) is 72.1 Å². The highest BCUT2D eigenvalue weighted by atomic mass is 32.2. The number of nitrogens with zero attached hydrogens (tertiary/aromatic N) is 2. The lowest BCUT2D eigenvalue weighted by Gasteiger charge is -2.11. The van der Waals surface area contributed by atoms with Crippen molar-refractivity contribution >= 4 is 15.5 Å². The van der Waals surface area contributed by atoms with Gasteiger partial charge in [0.1, 0.15) is 11.6 Å². The van der Waals surface area contributed by atoms with E-state index in [0.29, 0.717) is 22.8 Å². The van der Waals surface area contributed by atoms with E-state index in [2.05, 4.69) is 10.3 Å². The Labute approximate surface area is 154 Å². The Morgan fingerprint density at radius 2 is 1.85 bits per heavy atom. The van der Waals surface area contributed by atoms with Gasteiger partial charge in [0, 0.05) is 24.6 Å². The number of imidazole rings is 1. The fourth-order valence-corrected chi connectivity index (χ4v) is 3.28. The van der Waals surface area contributed by atoms with Crippen molar-refractivity contribution in [2.24, 2.45) is 0 Å². The fraction of sp³-hybridized carbons (Fsp3) is 0.167. The third kappa shape index (κ3) is 3.97. The van der Waals surface area contributed by atoms with E-state index in [4.69, 9.17) is 0 Å². The maximum atomic E-state index is 14.4. The van der Waals surface area contributed by atoms with Crippen LogP contribution < -0.4 is 5.32 Å². The highest BCUT2D eigenvalue weighted by molar-refractivity contribution is 7.91. The van der Waals surface area contributed by atoms with Gasteiger partial charge in [0.25, 0.3) is 0 Å². The number of anilines is 1. The van der Waals surface area contributed by atoms with Crippen molar-refractivity contribution < 1.29 is 21.6 Å². The Balaban J connectivity index is 1.70. The van der Waals surface area contributed by atoms with E-state index in [1.54, 1.807) is 36.0 Å². The summed E-state index contributed by atoms with van der Waals surface area (Å²) in [5.41, 5.74) is 1.58. The number of nitrogens with one attached hydrogen (secondary N) is 1. The molecule has 0 aliphatic rings. The zero-order valence-electron chi connectivity index (χ0n) is 14.2. The fourth-order valence-electron chi connectivity index (χ4n) is 2.56. The van der Waals surface area contributed by atoms with E-state index in [1.165, 1.54) is 18.2 Å². The van der Waals surface area contributed by atoms with Gasteiger partial charge in [-0.2, -0.15) is 8.78 Å². The van der Waals surface area contributed by atoms with E-state index < -0.39 is 26.3 Å². The van der Waals surface area contributed by atoms with Crippen molar-refractivity contribution in [3.63, 3.8) is 0 Å². The highest BCUT2D eigenvalue weighted by Crippen LogP contribution is 2.21. The number of aryl methyl sites for hydroxylation is 1. The number of alkyl halides is 2. The number of sulfone groups is 1. The molecule has 0 spiro atoms. The van der Waals surface area contributed by atoms with Crippen LogP contribution in [0.3, 0.4) is 0 Å². The second kappa shape index (κ2) is 7.43. The van der Waals surface area contributed by atoms with Crippen LogP contribution in [0.25, 0.3) is 5.69 Å². The number of benzene rings is 2. The van der Waals surface area contributed by atoms with Gasteiger partial charge in [-0.3, -0.25) is 0 Å². The molecule has 0 radical (unpaired) electrons. The molecule has 0 saturated carbocycles. The molecule has 0 aliphatic carbocycles. The average molecular weight is 395 g/mol. The molecule has 1 N–H and O–H groups in total. The first kappa shape index (κ1) is 19.0. The largest absolute Gasteiger partial charge is 0.381 e. The summed E-state index contributed by atoms with van der Waals surface area (Å²) in [6, 6.07) is 9.76. The molecule has 9 heteroatoms. The van der Waals surface area contributed by atoms with Gasteiger partial charge in [-0.1, -0.05) is 6.07 Å². The summed E-state index contributed by atoms with van der Waals surface area (Å²) in [5, 5.41) is 2.99. The van der Waals surface area contributed by atoms with Crippen molar-refractivity contribution in [2.75, 3.05) is 5.32 Å². The third-order valence-electron chi connectivity index (χ3n) is 4.01. The second-order valence-electron chi connectivity index (χ2n) is 5.81. The normalized spacial score (nSPS) is 11.7. The summed E-state index contributed by atoms with van der Waals surface area (Å²) < 4.78 is 63.8. The predicted octanol–water partition coefficient (Wildman–Crippen LogP) is 3.93. The molecule has 27 heavy (non-hydrogen) atoms. The lowest BCUT2D eigenvalue weighted by Crippen LogP contribution is -2.11. The first-order chi connectivity index (χ1) is 12.8. The smallest absolute Gasteiger partial charge is 0.341 e. The van der Waals surface area contributed by atoms with Gasteiger partial charge in [-0.15, -0.1) is 0 Å². The van der Waals surface area contributed by atoms with Gasteiger partial charge in [0.15, 0.2) is 0 Å². The number of hydrogen-bond acceptors (Lipinski definition) is 4. The molecule has 3 rings (SSSR count). The van der Waals surface area contributed by atoms with Crippen molar-refractivity contribution in [1.82, 2.24) is 9.55 Å². The van der Waals surface area contributed by atoms with Gasteiger partial charge >= 0.3 is 5.76 Å². The third-order valence-corrected chi connectivity index (χ3v) is 5.41. The van der Waals surface area contributed by atoms with Crippen LogP contribution in [0.2, 0.25) is 0 Å². The van der Waals surface area contributed by atoms with Crippen molar-refractivity contribution in [2.45, 2.75) is 24.1 Å². The molecule has 2 aromatic carbocycles. The molecule has 0 saturated heterocycles. The van der Waals surface area contributed by atoms with Crippen LogP contribution in [-0.2, 0) is 16.4 Å². The van der Waals surface area contributed by atoms with Crippen LogP contribution in [0.1, 0.15) is 11.4 Å². The second-order valence-corrected chi connectivity index (χ2v) is 7.73. The monoisotopic (exact) mass is 395 g/mol. The first-order valence-corrected chi connectivity index (χ1v) is 9.48. The minimum Gasteiger partial charge on any atom is -0.381 e. The van der Waals surface area contributed by atoms with Crippen LogP contribution in [0.5, 0.6) is 0 Å². The molecule has 0 fully saturated rings. The number of aromatic nitrogens is 2. The molecule has 0 unspecified atom stereocenters. The van der Waals surface area contributed by atoms with E-state index in [-0.39, 0.29) is 6.54 Å². The van der Waals surface area contributed by atoms with Gasteiger partial charge in [0.2, 0.25) is 9.84 Å². The lowest BCUT2D eigenvalue weighted by molar-refractivity contribution is 0.234. The molecule has 3 aromatic rings. The summed E-state index contributed by atoms with van der Waals surface area (Å²) in [6.07, 6.45) is 3.25. The highest BCUT2D eigenvalue weighted by Gasteiger charge is 2.26. The minimum absolute atomic E-state index is 0.279. The van der Waals surface area contributed by atoms with Gasteiger partial charge in [-0.05, 0) is 48.9 Å². The molecule has 1 heterocycles. The Morgan fingerprint density at radius 1 is 1.15 bits per heavy atom. The SMILES string of the molecule is Cc1nccn1-c1ccc(CNc2ccc(S(=O)(=O)C(F)F)cc2)cc1F. The van der Waals surface area contributed by atoms with Crippen LogP contribution in [0.15, 0.2) is 59.8 Å². The van der Waals surface area contributed by atoms with E-state index in [1.807, 2.05) is 0 Å². The Bertz CT molecular complexity index is 1050. The van der Waals surface area contributed by atoms with Gasteiger partial charge in [0.05, 0.1) is 10.6 Å². The number of halogens is 3. The van der Waals surface area contributed by atoms with Crippen molar-refractivity contribution in [1.29, 1.82) is 0 Å². The summed E-state index contributed by atoms with van der Waals surface area (Å²) in [4.78, 5) is 3.61. The Hall–Kier alpha value is -2.81. The lowest BCUT2D eigenvalue weighted by atomic mass is 10.2. The summed E-state index contributed by atoms with van der Waals surface area (Å²) in [5.74, 6) is -3.20. The summed E-state index contributed by atoms with van der Waals surface area (Å²) in [6.45, 7) is 2.05. The van der Waals surface area contributed by atoms with Crippen LogP contribution in [-0.4, -0.2) is 23.7 Å².